The zero-order valence-corrected chi connectivity index (χ0v) is 15.9. The molecule has 4 heterocycles. The second kappa shape index (κ2) is 7.02. The van der Waals surface area contributed by atoms with E-state index < -0.39 is 5.41 Å². The summed E-state index contributed by atoms with van der Waals surface area (Å²) in [7, 11) is 0. The molecule has 140 valence electrons. The van der Waals surface area contributed by atoms with Crippen molar-refractivity contribution < 1.29 is 0 Å². The van der Waals surface area contributed by atoms with E-state index in [9.17, 15) is 5.26 Å². The van der Waals surface area contributed by atoms with E-state index in [1.165, 1.54) is 0 Å². The van der Waals surface area contributed by atoms with Gasteiger partial charge in [-0.1, -0.05) is 12.1 Å². The number of hydrogen-bond donors (Lipinski definition) is 0. The van der Waals surface area contributed by atoms with E-state index in [0.29, 0.717) is 11.6 Å². The molecule has 8 heteroatoms. The minimum Gasteiger partial charge on any atom is -0.396 e. The second-order valence-electron chi connectivity index (χ2n) is 6.83. The Labute approximate surface area is 167 Å². The zero-order valence-electron chi connectivity index (χ0n) is 15.9. The Bertz CT molecular complexity index is 1170. The van der Waals surface area contributed by atoms with Gasteiger partial charge in [0.2, 0.25) is 5.82 Å². The van der Waals surface area contributed by atoms with Crippen molar-refractivity contribution in [2.75, 3.05) is 0 Å². The SMILES string of the molecule is [C-]#[N+]c1nccn1-c1cccc(C(C)(C)c2cccc(-n3ccnc3C#N)n2)n1. The molecule has 8 nitrogen and oxygen atoms in total. The van der Waals surface area contributed by atoms with Crippen LogP contribution in [0.25, 0.3) is 16.5 Å². The van der Waals surface area contributed by atoms with E-state index in [4.69, 9.17) is 16.5 Å². The summed E-state index contributed by atoms with van der Waals surface area (Å²) in [6.45, 7) is 11.3. The fourth-order valence-electron chi connectivity index (χ4n) is 3.07. The number of aromatic nitrogens is 6. The molecule has 0 aliphatic heterocycles. The molecule has 0 spiro atoms. The number of pyridine rings is 2. The van der Waals surface area contributed by atoms with E-state index in [0.717, 1.165) is 11.4 Å². The minimum absolute atomic E-state index is 0.261. The normalized spacial score (nSPS) is 11.0. The Morgan fingerprint density at radius 2 is 1.52 bits per heavy atom. The molecule has 0 N–H and O–H groups in total. The van der Waals surface area contributed by atoms with Crippen LogP contribution < -0.4 is 0 Å². The molecule has 4 aromatic heterocycles. The van der Waals surface area contributed by atoms with E-state index in [2.05, 4.69) is 20.9 Å². The molecular formula is C21H16N8. The van der Waals surface area contributed by atoms with E-state index in [1.54, 1.807) is 33.9 Å². The first-order chi connectivity index (χ1) is 14.0. The van der Waals surface area contributed by atoms with Crippen molar-refractivity contribution in [3.63, 3.8) is 0 Å². The molecule has 0 bridgehead atoms. The van der Waals surface area contributed by atoms with Gasteiger partial charge in [0, 0.05) is 17.8 Å². The van der Waals surface area contributed by atoms with Crippen molar-refractivity contribution in [1.82, 2.24) is 29.1 Å². The number of nitrogens with zero attached hydrogens (tertiary/aromatic N) is 8. The Morgan fingerprint density at radius 3 is 2.14 bits per heavy atom. The smallest absolute Gasteiger partial charge is 0.344 e. The quantitative estimate of drug-likeness (QED) is 0.505. The fourth-order valence-corrected chi connectivity index (χ4v) is 3.07. The summed E-state index contributed by atoms with van der Waals surface area (Å²) in [5.74, 6) is 1.78. The molecule has 0 atom stereocenters. The lowest BCUT2D eigenvalue weighted by molar-refractivity contribution is 0.591. The predicted octanol–water partition coefficient (Wildman–Crippen LogP) is 3.60. The van der Waals surface area contributed by atoms with E-state index >= 15 is 0 Å². The van der Waals surface area contributed by atoms with Crippen molar-refractivity contribution >= 4 is 5.95 Å². The molecule has 0 aromatic carbocycles. The van der Waals surface area contributed by atoms with Gasteiger partial charge in [-0.05, 0) is 38.1 Å². The first kappa shape index (κ1) is 18.1. The standard InChI is InChI=1S/C21H16N8/c1-21(2,15-6-4-8-17(26-15)28-12-10-24-19(28)14-22)16-7-5-9-18(27-16)29-13-11-25-20(29)23-3/h4-13H,1-2H3. The summed E-state index contributed by atoms with van der Waals surface area (Å²) in [6.07, 6.45) is 6.58. The third-order valence-corrected chi connectivity index (χ3v) is 4.71. The summed E-state index contributed by atoms with van der Waals surface area (Å²) in [5, 5.41) is 9.24. The zero-order chi connectivity index (χ0) is 20.4. The van der Waals surface area contributed by atoms with Gasteiger partial charge in [0.15, 0.2) is 5.82 Å². The molecule has 0 unspecified atom stereocenters. The molecule has 4 aromatic rings. The molecule has 0 aliphatic rings. The maximum atomic E-state index is 9.24. The van der Waals surface area contributed by atoms with Crippen LogP contribution in [0.3, 0.4) is 0 Å². The third-order valence-electron chi connectivity index (χ3n) is 4.71. The Hall–Kier alpha value is -4.30. The van der Waals surface area contributed by atoms with Crippen molar-refractivity contribution in [1.29, 1.82) is 5.26 Å². The molecular weight excluding hydrogens is 364 g/mol. The number of nitriles is 1. The number of imidazole rings is 2. The molecule has 0 fully saturated rings. The summed E-state index contributed by atoms with van der Waals surface area (Å²) < 4.78 is 3.30. The van der Waals surface area contributed by atoms with Crippen molar-refractivity contribution in [2.24, 2.45) is 0 Å². The summed E-state index contributed by atoms with van der Waals surface area (Å²) in [6, 6.07) is 13.4. The van der Waals surface area contributed by atoms with Gasteiger partial charge in [-0.15, -0.1) is 6.57 Å². The summed E-state index contributed by atoms with van der Waals surface area (Å²) in [4.78, 5) is 21.0. The second-order valence-corrected chi connectivity index (χ2v) is 6.83. The molecule has 0 radical (unpaired) electrons. The van der Waals surface area contributed by atoms with Gasteiger partial charge in [0.05, 0.1) is 17.6 Å². The average Bonchev–Trinajstić information content (AvgIpc) is 3.43. The highest BCUT2D eigenvalue weighted by atomic mass is 15.2. The average molecular weight is 380 g/mol. The molecule has 4 rings (SSSR count). The highest BCUT2D eigenvalue weighted by Gasteiger charge is 2.27. The topological polar surface area (TPSA) is 89.6 Å². The van der Waals surface area contributed by atoms with Gasteiger partial charge in [-0.2, -0.15) is 10.2 Å². The van der Waals surface area contributed by atoms with Crippen molar-refractivity contribution in [3.05, 3.63) is 89.8 Å². The Balaban J connectivity index is 1.77. The third kappa shape index (κ3) is 3.13. The van der Waals surface area contributed by atoms with Crippen LogP contribution in [0.1, 0.15) is 31.1 Å². The van der Waals surface area contributed by atoms with Gasteiger partial charge in [-0.3, -0.25) is 4.57 Å². The first-order valence-corrected chi connectivity index (χ1v) is 8.84. The number of hydrogen-bond acceptors (Lipinski definition) is 5. The van der Waals surface area contributed by atoms with Gasteiger partial charge >= 0.3 is 5.95 Å². The molecule has 0 aliphatic carbocycles. The van der Waals surface area contributed by atoms with Crippen LogP contribution in [0.2, 0.25) is 0 Å². The van der Waals surface area contributed by atoms with Gasteiger partial charge < -0.3 is 4.85 Å². The van der Waals surface area contributed by atoms with E-state index in [1.807, 2.05) is 50.2 Å². The highest BCUT2D eigenvalue weighted by Crippen LogP contribution is 2.30. The van der Waals surface area contributed by atoms with Gasteiger partial charge in [0.25, 0.3) is 0 Å². The maximum Gasteiger partial charge on any atom is 0.344 e. The van der Waals surface area contributed by atoms with Crippen LogP contribution in [0.5, 0.6) is 0 Å². The van der Waals surface area contributed by atoms with Gasteiger partial charge in [-0.25, -0.2) is 19.5 Å². The van der Waals surface area contributed by atoms with E-state index in [-0.39, 0.29) is 11.8 Å². The van der Waals surface area contributed by atoms with Crippen LogP contribution >= 0.6 is 0 Å². The lowest BCUT2D eigenvalue weighted by atomic mass is 9.84. The Kier molecular flexibility index (Phi) is 4.38. The lowest BCUT2D eigenvalue weighted by Crippen LogP contribution is -2.23. The predicted molar refractivity (Wildman–Crippen MR) is 106 cm³/mol. The molecule has 0 saturated carbocycles. The van der Waals surface area contributed by atoms with Crippen molar-refractivity contribution in [3.8, 4) is 17.7 Å². The molecule has 0 amide bonds. The Morgan fingerprint density at radius 1 is 0.931 bits per heavy atom. The van der Waals surface area contributed by atoms with Crippen LogP contribution in [-0.2, 0) is 5.41 Å². The fraction of sp³-hybridized carbons (Fsp3) is 0.143. The van der Waals surface area contributed by atoms with Crippen LogP contribution in [0.15, 0.2) is 61.2 Å². The summed E-state index contributed by atoms with van der Waals surface area (Å²) in [5.41, 5.74) is 1.09. The minimum atomic E-state index is -0.516. The lowest BCUT2D eigenvalue weighted by Gasteiger charge is -2.24. The molecule has 0 saturated heterocycles. The summed E-state index contributed by atoms with van der Waals surface area (Å²) >= 11 is 0. The molecule has 29 heavy (non-hydrogen) atoms. The first-order valence-electron chi connectivity index (χ1n) is 8.84. The highest BCUT2D eigenvalue weighted by molar-refractivity contribution is 5.41. The number of rotatable bonds is 4. The van der Waals surface area contributed by atoms with Crippen LogP contribution in [-0.4, -0.2) is 29.1 Å². The largest absolute Gasteiger partial charge is 0.396 e. The van der Waals surface area contributed by atoms with Gasteiger partial charge in [0.1, 0.15) is 18.1 Å². The van der Waals surface area contributed by atoms with Crippen LogP contribution in [0.4, 0.5) is 5.95 Å². The van der Waals surface area contributed by atoms with Crippen LogP contribution in [0, 0.1) is 17.9 Å². The maximum absolute atomic E-state index is 9.24. The monoisotopic (exact) mass is 380 g/mol. The van der Waals surface area contributed by atoms with Crippen molar-refractivity contribution in [2.45, 2.75) is 19.3 Å².